The second kappa shape index (κ2) is 12.1. The number of Topliss-reactive ketones (excluding diaryl/α,β-unsaturated/α-hetero) is 1. The molecule has 0 aliphatic carbocycles. The van der Waals surface area contributed by atoms with Crippen molar-refractivity contribution in [2.24, 2.45) is 5.92 Å². The van der Waals surface area contributed by atoms with Gasteiger partial charge in [0.2, 0.25) is 15.8 Å². The lowest BCUT2D eigenvalue weighted by Gasteiger charge is -2.40. The minimum atomic E-state index is -4.40. The molecular weight excluding hydrogens is 506 g/mol. The minimum absolute atomic E-state index is 0.0613. The van der Waals surface area contributed by atoms with E-state index in [2.05, 4.69) is 0 Å². The summed E-state index contributed by atoms with van der Waals surface area (Å²) >= 11 is 0. The van der Waals surface area contributed by atoms with Gasteiger partial charge >= 0.3 is 5.92 Å². The summed E-state index contributed by atoms with van der Waals surface area (Å²) in [4.78, 5) is 26.1. The number of carbonyl (C=O) groups excluding carboxylic acids is 2. The molecule has 3 atom stereocenters. The number of amides is 1. The number of nitrogens with one attached hydrogen (secondary N) is 1. The number of alkyl halides is 2. The standard InChI is InChI=1S/C26H32F2N2O6S/c1-18(2)15-23(29-37(34,35)21-11-7-4-8-12-21)26(27,28)24(31)22(16-19-9-5-3-6-10-19)30(25(32)33)20-13-14-36-17-20/h3-12,18,20,22-23,29H,13-17H2,1-2H3,(H,32,33)/p-1/t20-,22-,23?/m0/s1. The highest BCUT2D eigenvalue weighted by molar-refractivity contribution is 7.89. The van der Waals surface area contributed by atoms with E-state index in [0.29, 0.717) is 10.5 Å². The van der Waals surface area contributed by atoms with E-state index in [1.54, 1.807) is 50.2 Å². The highest BCUT2D eigenvalue weighted by Gasteiger charge is 2.53. The van der Waals surface area contributed by atoms with Crippen LogP contribution in [0, 0.1) is 5.92 Å². The van der Waals surface area contributed by atoms with Gasteiger partial charge in [0.15, 0.2) is 0 Å². The Kier molecular flexibility index (Phi) is 9.38. The van der Waals surface area contributed by atoms with Crippen LogP contribution in [0.15, 0.2) is 65.6 Å². The van der Waals surface area contributed by atoms with E-state index in [-0.39, 0.29) is 37.4 Å². The fourth-order valence-corrected chi connectivity index (χ4v) is 5.69. The molecular formula is C26H31F2N2O6S-. The Balaban J connectivity index is 2.01. The van der Waals surface area contributed by atoms with Gasteiger partial charge in [-0.25, -0.2) is 13.1 Å². The van der Waals surface area contributed by atoms with Gasteiger partial charge in [0.1, 0.15) is 6.09 Å². The molecule has 8 nitrogen and oxygen atoms in total. The SMILES string of the molecule is CC(C)CC(NS(=O)(=O)c1ccccc1)C(F)(F)C(=O)[C@H](Cc1ccccc1)N(C(=O)[O-])[C@H]1CCOC1. The zero-order valence-electron chi connectivity index (χ0n) is 20.7. The van der Waals surface area contributed by atoms with Crippen molar-refractivity contribution in [3.05, 3.63) is 66.2 Å². The molecule has 1 unspecified atom stereocenters. The minimum Gasteiger partial charge on any atom is -0.530 e. The second-order valence-electron chi connectivity index (χ2n) is 9.50. The van der Waals surface area contributed by atoms with Gasteiger partial charge in [-0.05, 0) is 36.5 Å². The number of ketones is 1. The molecule has 11 heteroatoms. The van der Waals surface area contributed by atoms with Crippen LogP contribution < -0.4 is 9.83 Å². The predicted molar refractivity (Wildman–Crippen MR) is 130 cm³/mol. The molecule has 0 spiro atoms. The summed E-state index contributed by atoms with van der Waals surface area (Å²) in [5.74, 6) is -6.34. The molecule has 37 heavy (non-hydrogen) atoms. The van der Waals surface area contributed by atoms with E-state index in [1.807, 2.05) is 4.72 Å². The molecule has 0 bridgehead atoms. The van der Waals surface area contributed by atoms with Gasteiger partial charge in [0.25, 0.3) is 0 Å². The predicted octanol–water partition coefficient (Wildman–Crippen LogP) is 2.63. The van der Waals surface area contributed by atoms with E-state index in [1.165, 1.54) is 24.3 Å². The lowest BCUT2D eigenvalue weighted by molar-refractivity contribution is -0.270. The monoisotopic (exact) mass is 537 g/mol. The largest absolute Gasteiger partial charge is 0.530 e. The van der Waals surface area contributed by atoms with Crippen LogP contribution in [0.4, 0.5) is 13.6 Å². The first-order chi connectivity index (χ1) is 17.4. The molecule has 2 aromatic carbocycles. The van der Waals surface area contributed by atoms with Gasteiger partial charge in [-0.2, -0.15) is 8.78 Å². The maximum absolute atomic E-state index is 16.0. The number of carbonyl (C=O) groups is 2. The molecule has 1 heterocycles. The molecule has 1 saturated heterocycles. The Morgan fingerprint density at radius 2 is 1.70 bits per heavy atom. The third-order valence-electron chi connectivity index (χ3n) is 6.24. The van der Waals surface area contributed by atoms with Crippen molar-refractivity contribution in [1.29, 1.82) is 0 Å². The normalized spacial score (nSPS) is 17.9. The van der Waals surface area contributed by atoms with Crippen molar-refractivity contribution >= 4 is 21.9 Å². The Morgan fingerprint density at radius 3 is 2.22 bits per heavy atom. The van der Waals surface area contributed by atoms with Crippen molar-refractivity contribution in [2.45, 2.75) is 62.1 Å². The Morgan fingerprint density at radius 1 is 1.11 bits per heavy atom. The number of halogens is 2. The Hall–Kier alpha value is -2.89. The van der Waals surface area contributed by atoms with Crippen LogP contribution in [-0.2, 0) is 26.0 Å². The fourth-order valence-electron chi connectivity index (χ4n) is 4.42. The molecule has 3 rings (SSSR count). The number of nitrogens with zero attached hydrogens (tertiary/aromatic N) is 1. The van der Waals surface area contributed by atoms with Crippen molar-refractivity contribution in [1.82, 2.24) is 9.62 Å². The summed E-state index contributed by atoms with van der Waals surface area (Å²) in [6.45, 7) is 3.39. The number of rotatable bonds is 12. The maximum Gasteiger partial charge on any atom is 0.323 e. The quantitative estimate of drug-likeness (QED) is 0.445. The highest BCUT2D eigenvalue weighted by atomic mass is 32.2. The second-order valence-corrected chi connectivity index (χ2v) is 11.2. The third kappa shape index (κ3) is 7.12. The van der Waals surface area contributed by atoms with Crippen LogP contribution in [0.3, 0.4) is 0 Å². The van der Waals surface area contributed by atoms with Crippen LogP contribution >= 0.6 is 0 Å². The van der Waals surface area contributed by atoms with Crippen LogP contribution in [0.5, 0.6) is 0 Å². The van der Waals surface area contributed by atoms with E-state index in [4.69, 9.17) is 4.74 Å². The first-order valence-electron chi connectivity index (χ1n) is 12.0. The number of hydrogen-bond donors (Lipinski definition) is 1. The van der Waals surface area contributed by atoms with Gasteiger partial charge in [0.05, 0.1) is 29.6 Å². The summed E-state index contributed by atoms with van der Waals surface area (Å²) in [7, 11) is -4.40. The average Bonchev–Trinajstić information content (AvgIpc) is 3.37. The number of carboxylic acid groups (broad SMARTS) is 1. The zero-order valence-corrected chi connectivity index (χ0v) is 21.5. The molecule has 1 fully saturated rings. The summed E-state index contributed by atoms with van der Waals surface area (Å²) in [6, 6.07) is 10.4. The number of ether oxygens (including phenoxy) is 1. The average molecular weight is 538 g/mol. The van der Waals surface area contributed by atoms with Crippen molar-refractivity contribution in [3.8, 4) is 0 Å². The van der Waals surface area contributed by atoms with Crippen LogP contribution in [0.1, 0.15) is 32.3 Å². The van der Waals surface area contributed by atoms with Crippen LogP contribution in [0.2, 0.25) is 0 Å². The first-order valence-corrected chi connectivity index (χ1v) is 13.5. The number of hydrogen-bond acceptors (Lipinski definition) is 6. The first kappa shape index (κ1) is 28.7. The molecule has 1 aliphatic rings. The van der Waals surface area contributed by atoms with Crippen molar-refractivity contribution in [2.75, 3.05) is 13.2 Å². The fraction of sp³-hybridized carbons (Fsp3) is 0.462. The smallest absolute Gasteiger partial charge is 0.323 e. The highest BCUT2D eigenvalue weighted by Crippen LogP contribution is 2.31. The molecule has 202 valence electrons. The van der Waals surface area contributed by atoms with Gasteiger partial charge < -0.3 is 19.5 Å². The number of benzene rings is 2. The third-order valence-corrected chi connectivity index (χ3v) is 7.73. The van der Waals surface area contributed by atoms with E-state index < -0.39 is 51.9 Å². The molecule has 1 N–H and O–H groups in total. The molecule has 1 amide bonds. The molecule has 0 saturated carbocycles. The number of sulfonamides is 1. The van der Waals surface area contributed by atoms with E-state index in [9.17, 15) is 23.1 Å². The molecule has 1 aliphatic heterocycles. The lowest BCUT2D eigenvalue weighted by Crippen LogP contribution is -2.63. The summed E-state index contributed by atoms with van der Waals surface area (Å²) in [6.07, 6.45) is -2.25. The van der Waals surface area contributed by atoms with Gasteiger partial charge in [-0.15, -0.1) is 0 Å². The molecule has 2 aromatic rings. The van der Waals surface area contributed by atoms with Gasteiger partial charge in [0, 0.05) is 13.0 Å². The summed E-state index contributed by atoms with van der Waals surface area (Å²) in [5, 5.41) is 12.2. The van der Waals surface area contributed by atoms with Crippen LogP contribution in [-0.4, -0.2) is 62.5 Å². The molecule has 0 radical (unpaired) electrons. The van der Waals surface area contributed by atoms with Crippen LogP contribution in [0.25, 0.3) is 0 Å². The van der Waals surface area contributed by atoms with Gasteiger partial charge in [-0.3, -0.25) is 4.79 Å². The van der Waals surface area contributed by atoms with E-state index in [0.717, 1.165) is 0 Å². The molecule has 0 aromatic heterocycles. The van der Waals surface area contributed by atoms with Gasteiger partial charge in [-0.1, -0.05) is 62.4 Å². The van der Waals surface area contributed by atoms with E-state index >= 15 is 8.78 Å². The van der Waals surface area contributed by atoms with Crippen molar-refractivity contribution < 1.29 is 36.6 Å². The summed E-state index contributed by atoms with van der Waals surface area (Å²) in [5.41, 5.74) is 0.465. The van der Waals surface area contributed by atoms with Crippen molar-refractivity contribution in [3.63, 3.8) is 0 Å². The topological polar surface area (TPSA) is 116 Å². The lowest BCUT2D eigenvalue weighted by atomic mass is 9.90. The summed E-state index contributed by atoms with van der Waals surface area (Å²) < 4.78 is 65.1. The maximum atomic E-state index is 16.0. The Labute approximate surface area is 215 Å². The Bertz CT molecular complexity index is 1160. The zero-order chi connectivity index (χ0) is 27.2.